The molecule has 1 aliphatic heterocycles. The second-order valence-electron chi connectivity index (χ2n) is 4.17. The molecule has 19 heavy (non-hydrogen) atoms. The number of hydrogen-bond acceptors (Lipinski definition) is 6. The van der Waals surface area contributed by atoms with Gasteiger partial charge in [-0.3, -0.25) is 19.6 Å². The van der Waals surface area contributed by atoms with Crippen molar-refractivity contribution in [2.75, 3.05) is 18.8 Å². The van der Waals surface area contributed by atoms with Crippen molar-refractivity contribution in [1.82, 2.24) is 19.4 Å². The van der Waals surface area contributed by atoms with Crippen LogP contribution in [0.1, 0.15) is 5.69 Å². The zero-order valence-corrected chi connectivity index (χ0v) is 11.2. The third kappa shape index (κ3) is 2.19. The summed E-state index contributed by atoms with van der Waals surface area (Å²) >= 11 is 0. The monoisotopic (exact) mass is 287 g/mol. The number of rotatable bonds is 2. The Labute approximate surface area is 109 Å². The summed E-state index contributed by atoms with van der Waals surface area (Å²) in [6.07, 6.45) is 0. The summed E-state index contributed by atoms with van der Waals surface area (Å²) in [7, 11) is -2.47. The van der Waals surface area contributed by atoms with E-state index in [4.69, 9.17) is 5.73 Å². The number of carbonyl (C=O) groups is 2. The maximum absolute atomic E-state index is 12.4. The molecule has 2 amide bonds. The molecule has 1 saturated heterocycles. The third-order valence-corrected chi connectivity index (χ3v) is 4.78. The van der Waals surface area contributed by atoms with Crippen molar-refractivity contribution in [2.45, 2.75) is 11.8 Å². The standard InChI is InChI=1S/C9H13N5O4S/c1-5-8(9(10)12-13(5)2)19(17,18)14-3-6(15)11-7(16)4-14/h3-4H2,1-2H3,(H2,10,12)(H,11,15,16). The van der Waals surface area contributed by atoms with Gasteiger partial charge < -0.3 is 5.73 Å². The van der Waals surface area contributed by atoms with Crippen LogP contribution in [0.4, 0.5) is 5.82 Å². The van der Waals surface area contributed by atoms with E-state index in [0.717, 1.165) is 4.31 Å². The SMILES string of the molecule is Cc1c(S(=O)(=O)N2CC(=O)NC(=O)C2)c(N)nn1C. The van der Waals surface area contributed by atoms with Gasteiger partial charge in [-0.05, 0) is 6.92 Å². The van der Waals surface area contributed by atoms with E-state index >= 15 is 0 Å². The van der Waals surface area contributed by atoms with Gasteiger partial charge in [-0.1, -0.05) is 0 Å². The molecule has 0 aromatic carbocycles. The number of piperazine rings is 1. The fourth-order valence-corrected chi connectivity index (χ4v) is 3.49. The van der Waals surface area contributed by atoms with Gasteiger partial charge in [-0.25, -0.2) is 8.42 Å². The Kier molecular flexibility index (Phi) is 3.06. The first-order chi connectivity index (χ1) is 8.73. The van der Waals surface area contributed by atoms with Crippen molar-refractivity contribution in [1.29, 1.82) is 0 Å². The Morgan fingerprint density at radius 1 is 1.26 bits per heavy atom. The van der Waals surface area contributed by atoms with Gasteiger partial charge in [0, 0.05) is 7.05 Å². The average Bonchev–Trinajstić information content (AvgIpc) is 2.51. The lowest BCUT2D eigenvalue weighted by atomic mass is 10.4. The van der Waals surface area contributed by atoms with Crippen molar-refractivity contribution in [3.05, 3.63) is 5.69 Å². The van der Waals surface area contributed by atoms with Crippen molar-refractivity contribution in [3.8, 4) is 0 Å². The van der Waals surface area contributed by atoms with Gasteiger partial charge in [0.05, 0.1) is 18.8 Å². The smallest absolute Gasteiger partial charge is 0.249 e. The number of aryl methyl sites for hydroxylation is 1. The molecular weight excluding hydrogens is 274 g/mol. The first-order valence-corrected chi connectivity index (χ1v) is 6.79. The molecule has 0 saturated carbocycles. The average molecular weight is 287 g/mol. The number of nitrogens with zero attached hydrogens (tertiary/aromatic N) is 3. The number of hydrogen-bond donors (Lipinski definition) is 2. The Morgan fingerprint density at radius 2 is 1.79 bits per heavy atom. The number of amides is 2. The van der Waals surface area contributed by atoms with Crippen LogP contribution in [0.5, 0.6) is 0 Å². The highest BCUT2D eigenvalue weighted by Crippen LogP contribution is 2.25. The van der Waals surface area contributed by atoms with Gasteiger partial charge >= 0.3 is 0 Å². The predicted molar refractivity (Wildman–Crippen MR) is 64.3 cm³/mol. The van der Waals surface area contributed by atoms with E-state index in [1.54, 1.807) is 14.0 Å². The highest BCUT2D eigenvalue weighted by atomic mass is 32.2. The van der Waals surface area contributed by atoms with Crippen molar-refractivity contribution in [3.63, 3.8) is 0 Å². The molecule has 0 atom stereocenters. The summed E-state index contributed by atoms with van der Waals surface area (Å²) in [5.41, 5.74) is 5.92. The molecule has 1 aromatic rings. The predicted octanol–water partition coefficient (Wildman–Crippen LogP) is -2.04. The van der Waals surface area contributed by atoms with Crippen LogP contribution in [0.25, 0.3) is 0 Å². The fraction of sp³-hybridized carbons (Fsp3) is 0.444. The molecule has 2 heterocycles. The molecule has 1 fully saturated rings. The van der Waals surface area contributed by atoms with Gasteiger partial charge in [-0.15, -0.1) is 0 Å². The molecular formula is C9H13N5O4S. The maximum Gasteiger partial charge on any atom is 0.249 e. The third-order valence-electron chi connectivity index (χ3n) is 2.82. The molecule has 1 aliphatic rings. The number of aromatic nitrogens is 2. The second kappa shape index (κ2) is 4.31. The first kappa shape index (κ1) is 13.5. The number of nitrogen functional groups attached to an aromatic ring is 1. The lowest BCUT2D eigenvalue weighted by molar-refractivity contribution is -0.134. The van der Waals surface area contributed by atoms with Gasteiger partial charge in [0.25, 0.3) is 0 Å². The number of sulfonamides is 1. The highest BCUT2D eigenvalue weighted by Gasteiger charge is 2.36. The van der Waals surface area contributed by atoms with Crippen LogP contribution in [0.2, 0.25) is 0 Å². The normalized spacial score (nSPS) is 17.6. The van der Waals surface area contributed by atoms with Gasteiger partial charge in [0.15, 0.2) is 5.82 Å². The molecule has 0 bridgehead atoms. The van der Waals surface area contributed by atoms with Gasteiger partial charge in [0.2, 0.25) is 21.8 Å². The van der Waals surface area contributed by atoms with Crippen molar-refractivity contribution >= 4 is 27.7 Å². The molecule has 2 rings (SSSR count). The van der Waals surface area contributed by atoms with E-state index in [1.807, 2.05) is 5.32 Å². The van der Waals surface area contributed by atoms with Crippen LogP contribution in [-0.2, 0) is 26.7 Å². The molecule has 104 valence electrons. The molecule has 9 nitrogen and oxygen atoms in total. The summed E-state index contributed by atoms with van der Waals surface area (Å²) in [5, 5.41) is 5.84. The Morgan fingerprint density at radius 3 is 2.21 bits per heavy atom. The Balaban J connectivity index is 2.48. The van der Waals surface area contributed by atoms with Crippen molar-refractivity contribution < 1.29 is 18.0 Å². The number of anilines is 1. The molecule has 3 N–H and O–H groups in total. The summed E-state index contributed by atoms with van der Waals surface area (Å²) in [6, 6.07) is 0. The minimum absolute atomic E-state index is 0.154. The fourth-order valence-electron chi connectivity index (χ4n) is 1.84. The molecule has 0 spiro atoms. The van der Waals surface area contributed by atoms with Crippen LogP contribution >= 0.6 is 0 Å². The maximum atomic E-state index is 12.4. The summed E-state index contributed by atoms with van der Waals surface area (Å²) in [5.74, 6) is -1.49. The number of nitrogens with one attached hydrogen (secondary N) is 1. The number of carbonyl (C=O) groups excluding carboxylic acids is 2. The lowest BCUT2D eigenvalue weighted by Gasteiger charge is -2.24. The van der Waals surface area contributed by atoms with Crippen molar-refractivity contribution in [2.24, 2.45) is 7.05 Å². The van der Waals surface area contributed by atoms with E-state index in [-0.39, 0.29) is 10.7 Å². The van der Waals surface area contributed by atoms with E-state index in [1.165, 1.54) is 4.68 Å². The summed E-state index contributed by atoms with van der Waals surface area (Å²) in [6.45, 7) is 0.714. The molecule has 0 aliphatic carbocycles. The van der Waals surface area contributed by atoms with E-state index < -0.39 is 34.9 Å². The lowest BCUT2D eigenvalue weighted by Crippen LogP contribution is -2.53. The van der Waals surface area contributed by atoms with Gasteiger partial charge in [0.1, 0.15) is 4.90 Å². The zero-order valence-electron chi connectivity index (χ0n) is 10.4. The minimum Gasteiger partial charge on any atom is -0.381 e. The molecule has 0 unspecified atom stereocenters. The van der Waals surface area contributed by atoms with Crippen LogP contribution in [0, 0.1) is 6.92 Å². The highest BCUT2D eigenvalue weighted by molar-refractivity contribution is 7.89. The topological polar surface area (TPSA) is 127 Å². The molecule has 1 aromatic heterocycles. The Bertz CT molecular complexity index is 646. The number of imide groups is 1. The summed E-state index contributed by atoms with van der Waals surface area (Å²) < 4.78 is 26.9. The second-order valence-corrected chi connectivity index (χ2v) is 6.04. The van der Waals surface area contributed by atoms with Crippen LogP contribution in [0.3, 0.4) is 0 Å². The van der Waals surface area contributed by atoms with E-state index in [9.17, 15) is 18.0 Å². The van der Waals surface area contributed by atoms with E-state index in [0.29, 0.717) is 5.69 Å². The minimum atomic E-state index is -4.03. The summed E-state index contributed by atoms with van der Waals surface area (Å²) in [4.78, 5) is 22.3. The van der Waals surface area contributed by atoms with Gasteiger partial charge in [-0.2, -0.15) is 9.40 Å². The molecule has 0 radical (unpaired) electrons. The zero-order chi connectivity index (χ0) is 14.4. The van der Waals surface area contributed by atoms with Crippen LogP contribution in [-0.4, -0.2) is 47.4 Å². The van der Waals surface area contributed by atoms with E-state index in [2.05, 4.69) is 5.10 Å². The Hall–Kier alpha value is -1.94. The quantitative estimate of drug-likeness (QED) is 0.603. The van der Waals surface area contributed by atoms with Crippen LogP contribution in [0.15, 0.2) is 4.90 Å². The first-order valence-electron chi connectivity index (χ1n) is 5.35. The van der Waals surface area contributed by atoms with Crippen LogP contribution < -0.4 is 11.1 Å². The molecule has 10 heteroatoms. The number of nitrogens with two attached hydrogens (primary N) is 1. The largest absolute Gasteiger partial charge is 0.381 e.